The summed E-state index contributed by atoms with van der Waals surface area (Å²) in [5.41, 5.74) is 1.07. The fraction of sp³-hybridized carbons (Fsp3) is 0.500. The number of carboxylic acids is 1. The SMILES string of the molecule is CC(C)C[C@H]1COCCN1c1nc2c(C(=O)O)cccc2o1. The highest BCUT2D eigenvalue weighted by atomic mass is 16.5. The average molecular weight is 304 g/mol. The fourth-order valence-electron chi connectivity index (χ4n) is 2.88. The van der Waals surface area contributed by atoms with Crippen molar-refractivity contribution < 1.29 is 19.1 Å². The average Bonchev–Trinajstić information content (AvgIpc) is 2.90. The van der Waals surface area contributed by atoms with Crippen LogP contribution >= 0.6 is 0 Å². The van der Waals surface area contributed by atoms with Crippen LogP contribution < -0.4 is 4.90 Å². The number of hydrogen-bond donors (Lipinski definition) is 1. The Labute approximate surface area is 128 Å². The molecule has 0 spiro atoms. The number of hydrogen-bond acceptors (Lipinski definition) is 5. The van der Waals surface area contributed by atoms with Gasteiger partial charge in [0.05, 0.1) is 24.8 Å². The first-order valence-corrected chi connectivity index (χ1v) is 7.53. The lowest BCUT2D eigenvalue weighted by Crippen LogP contribution is -2.46. The highest BCUT2D eigenvalue weighted by Gasteiger charge is 2.28. The van der Waals surface area contributed by atoms with Gasteiger partial charge in [0, 0.05) is 6.54 Å². The zero-order valence-corrected chi connectivity index (χ0v) is 12.8. The monoisotopic (exact) mass is 304 g/mol. The fourth-order valence-corrected chi connectivity index (χ4v) is 2.88. The van der Waals surface area contributed by atoms with Crippen LogP contribution in [0.1, 0.15) is 30.6 Å². The lowest BCUT2D eigenvalue weighted by molar-refractivity contribution is 0.0698. The summed E-state index contributed by atoms with van der Waals surface area (Å²) in [4.78, 5) is 17.8. The van der Waals surface area contributed by atoms with Gasteiger partial charge in [-0.15, -0.1) is 0 Å². The van der Waals surface area contributed by atoms with E-state index in [1.165, 1.54) is 0 Å². The molecule has 6 nitrogen and oxygen atoms in total. The van der Waals surface area contributed by atoms with E-state index in [1.807, 2.05) is 0 Å². The molecule has 2 heterocycles. The maximum absolute atomic E-state index is 11.3. The molecule has 0 unspecified atom stereocenters. The number of para-hydroxylation sites is 1. The highest BCUT2D eigenvalue weighted by molar-refractivity contribution is 6.00. The van der Waals surface area contributed by atoms with E-state index in [-0.39, 0.29) is 11.6 Å². The second-order valence-corrected chi connectivity index (χ2v) is 6.01. The topological polar surface area (TPSA) is 75.8 Å². The summed E-state index contributed by atoms with van der Waals surface area (Å²) in [6, 6.07) is 5.65. The Morgan fingerprint density at radius 3 is 3.05 bits per heavy atom. The first-order valence-electron chi connectivity index (χ1n) is 7.53. The van der Waals surface area contributed by atoms with Crippen LogP contribution in [0.3, 0.4) is 0 Å². The van der Waals surface area contributed by atoms with Crippen molar-refractivity contribution in [3.8, 4) is 0 Å². The lowest BCUT2D eigenvalue weighted by Gasteiger charge is -2.35. The molecular weight excluding hydrogens is 284 g/mol. The number of carboxylic acid groups (broad SMARTS) is 1. The number of aromatic nitrogens is 1. The van der Waals surface area contributed by atoms with Crippen LogP contribution in [0.4, 0.5) is 6.01 Å². The van der Waals surface area contributed by atoms with E-state index in [4.69, 9.17) is 9.15 Å². The maximum atomic E-state index is 11.3. The van der Waals surface area contributed by atoms with Crippen molar-refractivity contribution in [2.75, 3.05) is 24.7 Å². The van der Waals surface area contributed by atoms with Gasteiger partial charge in [0.15, 0.2) is 5.58 Å². The normalized spacial score (nSPS) is 19.0. The molecule has 3 rings (SSSR count). The number of anilines is 1. The second-order valence-electron chi connectivity index (χ2n) is 6.01. The number of nitrogens with zero attached hydrogens (tertiary/aromatic N) is 2. The largest absolute Gasteiger partial charge is 0.478 e. The number of aromatic carboxylic acids is 1. The van der Waals surface area contributed by atoms with Crippen LogP contribution in [-0.2, 0) is 4.74 Å². The summed E-state index contributed by atoms with van der Waals surface area (Å²) in [6.07, 6.45) is 0.977. The smallest absolute Gasteiger partial charge is 0.338 e. The second kappa shape index (κ2) is 5.96. The molecule has 1 saturated heterocycles. The Morgan fingerprint density at radius 1 is 1.50 bits per heavy atom. The van der Waals surface area contributed by atoms with Crippen molar-refractivity contribution in [2.45, 2.75) is 26.3 Å². The zero-order chi connectivity index (χ0) is 15.7. The number of fused-ring (bicyclic) bond motifs is 1. The number of rotatable bonds is 4. The van der Waals surface area contributed by atoms with Gasteiger partial charge in [-0.3, -0.25) is 0 Å². The van der Waals surface area contributed by atoms with E-state index >= 15 is 0 Å². The van der Waals surface area contributed by atoms with Crippen LogP contribution in [-0.4, -0.2) is 41.9 Å². The predicted molar refractivity (Wildman–Crippen MR) is 82.4 cm³/mol. The summed E-state index contributed by atoms with van der Waals surface area (Å²) in [6.45, 7) is 6.30. The molecule has 1 aromatic carbocycles. The van der Waals surface area contributed by atoms with Gasteiger partial charge in [-0.05, 0) is 24.5 Å². The molecule has 1 aromatic heterocycles. The maximum Gasteiger partial charge on any atom is 0.338 e. The summed E-state index contributed by atoms with van der Waals surface area (Å²) in [5.74, 6) is -0.459. The van der Waals surface area contributed by atoms with Crippen LogP contribution in [0.15, 0.2) is 22.6 Å². The Bertz CT molecular complexity index is 680. The van der Waals surface area contributed by atoms with Gasteiger partial charge >= 0.3 is 5.97 Å². The standard InChI is InChI=1S/C16H20N2O4/c1-10(2)8-11-9-21-7-6-18(11)16-17-14-12(15(19)20)4-3-5-13(14)22-16/h3-5,10-11H,6-9H2,1-2H3,(H,19,20)/t11-/m0/s1. The quantitative estimate of drug-likeness (QED) is 0.936. The van der Waals surface area contributed by atoms with Crippen LogP contribution in [0.5, 0.6) is 0 Å². The van der Waals surface area contributed by atoms with Crippen molar-refractivity contribution in [1.29, 1.82) is 0 Å². The summed E-state index contributed by atoms with van der Waals surface area (Å²) in [5, 5.41) is 9.26. The molecule has 22 heavy (non-hydrogen) atoms. The minimum absolute atomic E-state index is 0.168. The highest BCUT2D eigenvalue weighted by Crippen LogP contribution is 2.28. The summed E-state index contributed by atoms with van der Waals surface area (Å²) >= 11 is 0. The molecule has 1 atom stereocenters. The Kier molecular flexibility index (Phi) is 4.02. The molecular formula is C16H20N2O4. The van der Waals surface area contributed by atoms with Crippen LogP contribution in [0.25, 0.3) is 11.1 Å². The molecule has 0 amide bonds. The molecule has 1 aliphatic rings. The van der Waals surface area contributed by atoms with Gasteiger partial charge in [0.1, 0.15) is 5.52 Å². The van der Waals surface area contributed by atoms with Crippen molar-refractivity contribution in [3.05, 3.63) is 23.8 Å². The van der Waals surface area contributed by atoms with E-state index in [1.54, 1.807) is 18.2 Å². The van der Waals surface area contributed by atoms with Crippen molar-refractivity contribution in [3.63, 3.8) is 0 Å². The third kappa shape index (κ3) is 2.78. The third-order valence-corrected chi connectivity index (χ3v) is 3.85. The predicted octanol–water partition coefficient (Wildman–Crippen LogP) is 2.78. The first kappa shape index (κ1) is 14.8. The molecule has 118 valence electrons. The number of oxazole rings is 1. The van der Waals surface area contributed by atoms with E-state index in [0.29, 0.717) is 42.8 Å². The van der Waals surface area contributed by atoms with E-state index in [9.17, 15) is 9.90 Å². The van der Waals surface area contributed by atoms with Gasteiger partial charge in [0.25, 0.3) is 6.01 Å². The van der Waals surface area contributed by atoms with E-state index in [2.05, 4.69) is 23.7 Å². The number of benzene rings is 1. The molecule has 0 saturated carbocycles. The molecule has 6 heteroatoms. The molecule has 0 radical (unpaired) electrons. The van der Waals surface area contributed by atoms with Crippen LogP contribution in [0.2, 0.25) is 0 Å². The number of ether oxygens (including phenoxy) is 1. The summed E-state index contributed by atoms with van der Waals surface area (Å²) in [7, 11) is 0. The van der Waals surface area contributed by atoms with Gasteiger partial charge < -0.3 is 19.2 Å². The first-order chi connectivity index (χ1) is 10.6. The summed E-state index contributed by atoms with van der Waals surface area (Å²) < 4.78 is 11.4. The zero-order valence-electron chi connectivity index (χ0n) is 12.8. The molecule has 0 aliphatic carbocycles. The third-order valence-electron chi connectivity index (χ3n) is 3.85. The van der Waals surface area contributed by atoms with Crippen molar-refractivity contribution >= 4 is 23.1 Å². The van der Waals surface area contributed by atoms with Crippen molar-refractivity contribution in [1.82, 2.24) is 4.98 Å². The molecule has 0 bridgehead atoms. The molecule has 1 fully saturated rings. The van der Waals surface area contributed by atoms with Crippen LogP contribution in [0, 0.1) is 5.92 Å². The molecule has 2 aromatic rings. The molecule has 1 aliphatic heterocycles. The van der Waals surface area contributed by atoms with Gasteiger partial charge in [-0.1, -0.05) is 19.9 Å². The number of carbonyl (C=O) groups is 1. The van der Waals surface area contributed by atoms with E-state index < -0.39 is 5.97 Å². The Morgan fingerprint density at radius 2 is 2.32 bits per heavy atom. The lowest BCUT2D eigenvalue weighted by atomic mass is 10.0. The molecule has 1 N–H and O–H groups in total. The van der Waals surface area contributed by atoms with Crippen molar-refractivity contribution in [2.24, 2.45) is 5.92 Å². The Balaban J connectivity index is 1.97. The Hall–Kier alpha value is -2.08. The van der Waals surface area contributed by atoms with Gasteiger partial charge in [-0.25, -0.2) is 4.79 Å². The number of morpholine rings is 1. The van der Waals surface area contributed by atoms with Gasteiger partial charge in [-0.2, -0.15) is 4.98 Å². The van der Waals surface area contributed by atoms with Gasteiger partial charge in [0.2, 0.25) is 0 Å². The minimum Gasteiger partial charge on any atom is -0.478 e. The minimum atomic E-state index is -0.994. The van der Waals surface area contributed by atoms with E-state index in [0.717, 1.165) is 6.42 Å².